The number of thioether (sulfide) groups is 1. The highest BCUT2D eigenvalue weighted by Gasteiger charge is 2.30. The molecule has 2 aromatic heterocycles. The minimum absolute atomic E-state index is 0.0901. The molecule has 138 valence electrons. The number of para-hydroxylation sites is 1. The first kappa shape index (κ1) is 17.8. The highest BCUT2D eigenvalue weighted by molar-refractivity contribution is 7.99. The van der Waals surface area contributed by atoms with Gasteiger partial charge in [0.05, 0.1) is 11.4 Å². The van der Waals surface area contributed by atoms with Crippen molar-refractivity contribution in [3.05, 3.63) is 75.8 Å². The number of rotatable bonds is 4. The van der Waals surface area contributed by atoms with Crippen molar-refractivity contribution >= 4 is 29.0 Å². The number of aryl methyl sites for hydroxylation is 1. The molecule has 6 heteroatoms. The molecule has 3 aromatic rings. The van der Waals surface area contributed by atoms with Crippen LogP contribution in [0.15, 0.2) is 53.5 Å². The Balaban J connectivity index is 1.44. The van der Waals surface area contributed by atoms with Crippen LogP contribution in [0.1, 0.15) is 23.7 Å². The first-order chi connectivity index (χ1) is 13.0. The van der Waals surface area contributed by atoms with Crippen molar-refractivity contribution in [2.45, 2.75) is 32.1 Å². The zero-order valence-corrected chi connectivity index (χ0v) is 16.2. The van der Waals surface area contributed by atoms with Crippen LogP contribution in [0.5, 0.6) is 0 Å². The molecule has 0 N–H and O–H groups in total. The minimum Gasteiger partial charge on any atom is -0.308 e. The topological polar surface area (TPSA) is 54.7 Å². The summed E-state index contributed by atoms with van der Waals surface area (Å²) >= 11 is 1.50. The SMILES string of the molecule is Cc1ccc2nc(CSCC(=O)N3c4ccccc4C[C@H]3C)cc(=O)n2c1. The van der Waals surface area contributed by atoms with E-state index in [9.17, 15) is 9.59 Å². The lowest BCUT2D eigenvalue weighted by atomic mass is 10.1. The van der Waals surface area contributed by atoms with E-state index in [2.05, 4.69) is 18.0 Å². The van der Waals surface area contributed by atoms with Crippen LogP contribution >= 0.6 is 11.8 Å². The second kappa shape index (κ2) is 7.19. The molecule has 0 bridgehead atoms. The summed E-state index contributed by atoms with van der Waals surface area (Å²) < 4.78 is 1.55. The summed E-state index contributed by atoms with van der Waals surface area (Å²) in [6.45, 7) is 4.02. The third-order valence-corrected chi connectivity index (χ3v) is 5.76. The Morgan fingerprint density at radius 1 is 1.26 bits per heavy atom. The second-order valence-corrected chi connectivity index (χ2v) is 7.94. The van der Waals surface area contributed by atoms with Crippen LogP contribution in [-0.2, 0) is 17.0 Å². The molecule has 0 unspecified atom stereocenters. The van der Waals surface area contributed by atoms with Gasteiger partial charge in [0.1, 0.15) is 5.65 Å². The predicted octanol–water partition coefficient (Wildman–Crippen LogP) is 3.21. The average Bonchev–Trinajstić information content (AvgIpc) is 2.98. The third-order valence-electron chi connectivity index (χ3n) is 4.81. The van der Waals surface area contributed by atoms with Crippen molar-refractivity contribution in [1.82, 2.24) is 9.38 Å². The van der Waals surface area contributed by atoms with Gasteiger partial charge in [0.15, 0.2) is 0 Å². The maximum Gasteiger partial charge on any atom is 0.258 e. The molecule has 3 heterocycles. The van der Waals surface area contributed by atoms with Gasteiger partial charge in [-0.3, -0.25) is 14.0 Å². The van der Waals surface area contributed by atoms with E-state index in [0.29, 0.717) is 22.8 Å². The minimum atomic E-state index is -0.0901. The zero-order chi connectivity index (χ0) is 19.0. The first-order valence-electron chi connectivity index (χ1n) is 8.99. The molecule has 0 fully saturated rings. The summed E-state index contributed by atoms with van der Waals surface area (Å²) in [5, 5.41) is 0. The Hall–Kier alpha value is -2.60. The first-order valence-corrected chi connectivity index (χ1v) is 10.1. The summed E-state index contributed by atoms with van der Waals surface area (Å²) in [6, 6.07) is 13.6. The summed E-state index contributed by atoms with van der Waals surface area (Å²) in [4.78, 5) is 31.5. The predicted molar refractivity (Wildman–Crippen MR) is 109 cm³/mol. The molecule has 0 saturated carbocycles. The molecule has 0 radical (unpaired) electrons. The van der Waals surface area contributed by atoms with Crippen molar-refractivity contribution < 1.29 is 4.79 Å². The van der Waals surface area contributed by atoms with Gasteiger partial charge in [-0.05, 0) is 43.5 Å². The smallest absolute Gasteiger partial charge is 0.258 e. The monoisotopic (exact) mass is 379 g/mol. The number of amides is 1. The van der Waals surface area contributed by atoms with Crippen molar-refractivity contribution in [3.63, 3.8) is 0 Å². The lowest BCUT2D eigenvalue weighted by molar-refractivity contribution is -0.116. The summed E-state index contributed by atoms with van der Waals surface area (Å²) in [5.74, 6) is 1.01. The number of anilines is 1. The van der Waals surface area contributed by atoms with Gasteiger partial charge in [-0.25, -0.2) is 4.98 Å². The molecule has 1 amide bonds. The quantitative estimate of drug-likeness (QED) is 0.698. The molecule has 4 rings (SSSR count). The lowest BCUT2D eigenvalue weighted by Crippen LogP contribution is -2.37. The number of carbonyl (C=O) groups excluding carboxylic acids is 1. The van der Waals surface area contributed by atoms with Gasteiger partial charge in [0.2, 0.25) is 5.91 Å². The van der Waals surface area contributed by atoms with E-state index in [1.54, 1.807) is 16.7 Å². The number of nitrogens with zero attached hydrogens (tertiary/aromatic N) is 3. The molecule has 0 spiro atoms. The third kappa shape index (κ3) is 3.49. The van der Waals surface area contributed by atoms with Crippen LogP contribution in [0, 0.1) is 6.92 Å². The van der Waals surface area contributed by atoms with Gasteiger partial charge in [0.25, 0.3) is 5.56 Å². The van der Waals surface area contributed by atoms with Crippen molar-refractivity contribution in [2.75, 3.05) is 10.7 Å². The summed E-state index contributed by atoms with van der Waals surface area (Å²) in [5.41, 5.74) is 4.51. The standard InChI is InChI=1S/C21H21N3O2S/c1-14-7-8-19-22-17(10-20(25)23(19)11-14)12-27-13-21(26)24-15(2)9-16-5-3-4-6-18(16)24/h3-8,10-11,15H,9,12-13H2,1-2H3/t15-/m1/s1. The van der Waals surface area contributed by atoms with E-state index in [-0.39, 0.29) is 17.5 Å². The van der Waals surface area contributed by atoms with E-state index in [1.807, 2.05) is 42.2 Å². The highest BCUT2D eigenvalue weighted by atomic mass is 32.2. The van der Waals surface area contributed by atoms with E-state index >= 15 is 0 Å². The zero-order valence-electron chi connectivity index (χ0n) is 15.4. The Bertz CT molecular complexity index is 1080. The molecule has 27 heavy (non-hydrogen) atoms. The van der Waals surface area contributed by atoms with Crippen LogP contribution in [0.2, 0.25) is 0 Å². The molecule has 1 atom stereocenters. The van der Waals surface area contributed by atoms with Gasteiger partial charge in [-0.1, -0.05) is 24.3 Å². The van der Waals surface area contributed by atoms with Crippen molar-refractivity contribution in [3.8, 4) is 0 Å². The molecular formula is C21H21N3O2S. The summed E-state index contributed by atoms with van der Waals surface area (Å²) in [7, 11) is 0. The van der Waals surface area contributed by atoms with Crippen LogP contribution in [-0.4, -0.2) is 27.1 Å². The average molecular weight is 379 g/mol. The van der Waals surface area contributed by atoms with Crippen LogP contribution in [0.3, 0.4) is 0 Å². The van der Waals surface area contributed by atoms with Crippen LogP contribution in [0.4, 0.5) is 5.69 Å². The fraction of sp³-hybridized carbons (Fsp3) is 0.286. The van der Waals surface area contributed by atoms with Gasteiger partial charge in [-0.2, -0.15) is 0 Å². The fourth-order valence-corrected chi connectivity index (χ4v) is 4.36. The molecule has 0 aliphatic carbocycles. The molecule has 1 aliphatic heterocycles. The number of pyridine rings is 1. The maximum atomic E-state index is 12.7. The van der Waals surface area contributed by atoms with Crippen LogP contribution in [0.25, 0.3) is 5.65 Å². The lowest BCUT2D eigenvalue weighted by Gasteiger charge is -2.22. The molecule has 1 aliphatic rings. The number of benzene rings is 1. The van der Waals surface area contributed by atoms with Crippen molar-refractivity contribution in [1.29, 1.82) is 0 Å². The van der Waals surface area contributed by atoms with E-state index in [1.165, 1.54) is 17.3 Å². The van der Waals surface area contributed by atoms with E-state index in [4.69, 9.17) is 0 Å². The van der Waals surface area contributed by atoms with E-state index in [0.717, 1.165) is 17.7 Å². The van der Waals surface area contributed by atoms with Crippen molar-refractivity contribution in [2.24, 2.45) is 0 Å². The van der Waals surface area contributed by atoms with Gasteiger partial charge < -0.3 is 4.90 Å². The molecule has 1 aromatic carbocycles. The maximum absolute atomic E-state index is 12.7. The number of hydrogen-bond donors (Lipinski definition) is 0. The van der Waals surface area contributed by atoms with Crippen LogP contribution < -0.4 is 10.5 Å². The highest BCUT2D eigenvalue weighted by Crippen LogP contribution is 2.32. The Kier molecular flexibility index (Phi) is 4.74. The Labute approximate surface area is 162 Å². The largest absolute Gasteiger partial charge is 0.308 e. The Morgan fingerprint density at radius 3 is 2.93 bits per heavy atom. The number of hydrogen-bond acceptors (Lipinski definition) is 4. The Morgan fingerprint density at radius 2 is 2.07 bits per heavy atom. The van der Waals surface area contributed by atoms with Gasteiger partial charge in [0, 0.05) is 29.7 Å². The molecule has 0 saturated heterocycles. The number of aromatic nitrogens is 2. The number of carbonyl (C=O) groups is 1. The van der Waals surface area contributed by atoms with E-state index < -0.39 is 0 Å². The molecular weight excluding hydrogens is 358 g/mol. The van der Waals surface area contributed by atoms with Gasteiger partial charge >= 0.3 is 0 Å². The second-order valence-electron chi connectivity index (χ2n) is 6.96. The normalized spacial score (nSPS) is 15.9. The molecule has 5 nitrogen and oxygen atoms in total. The summed E-state index contributed by atoms with van der Waals surface area (Å²) in [6.07, 6.45) is 2.69. The fourth-order valence-electron chi connectivity index (χ4n) is 3.59. The number of fused-ring (bicyclic) bond motifs is 2. The van der Waals surface area contributed by atoms with Gasteiger partial charge in [-0.15, -0.1) is 11.8 Å².